The number of amides is 1. The molecule has 0 saturated heterocycles. The van der Waals surface area contributed by atoms with Crippen molar-refractivity contribution >= 4 is 59.0 Å². The van der Waals surface area contributed by atoms with Crippen LogP contribution in [0, 0.1) is 0 Å². The molecule has 0 atom stereocenters. The maximum absolute atomic E-state index is 13.7. The summed E-state index contributed by atoms with van der Waals surface area (Å²) in [5.74, 6) is -0.0590. The van der Waals surface area contributed by atoms with Crippen LogP contribution in [0.25, 0.3) is 10.1 Å². The van der Waals surface area contributed by atoms with E-state index in [2.05, 4.69) is 15.9 Å². The van der Waals surface area contributed by atoms with E-state index >= 15 is 0 Å². The molecule has 0 aliphatic rings. The molecule has 0 spiro atoms. The number of thiophene rings is 1. The lowest BCUT2D eigenvalue weighted by molar-refractivity contribution is 0.0735. The Morgan fingerprint density at radius 2 is 1.37 bits per heavy atom. The first-order chi connectivity index (χ1) is 18.3. The number of sulfonamides is 1. The van der Waals surface area contributed by atoms with Crippen LogP contribution in [0.1, 0.15) is 20.8 Å². The van der Waals surface area contributed by atoms with Gasteiger partial charge in [-0.3, -0.25) is 9.10 Å². The molecule has 1 aromatic heterocycles. The van der Waals surface area contributed by atoms with Crippen molar-refractivity contribution in [2.24, 2.45) is 0 Å². The molecule has 5 aromatic rings. The van der Waals surface area contributed by atoms with E-state index in [4.69, 9.17) is 0 Å². The van der Waals surface area contributed by atoms with Gasteiger partial charge in [0.25, 0.3) is 15.9 Å². The molecule has 5 rings (SSSR count). The van der Waals surface area contributed by atoms with Crippen LogP contribution in [0.3, 0.4) is 0 Å². The largest absolute Gasteiger partial charge is 0.329 e. The van der Waals surface area contributed by atoms with Crippen molar-refractivity contribution in [1.82, 2.24) is 4.90 Å². The van der Waals surface area contributed by atoms with Gasteiger partial charge in [0, 0.05) is 29.3 Å². The van der Waals surface area contributed by atoms with Gasteiger partial charge in [0.05, 0.1) is 15.5 Å². The van der Waals surface area contributed by atoms with Crippen molar-refractivity contribution in [2.75, 3.05) is 11.4 Å². The second-order valence-electron chi connectivity index (χ2n) is 8.89. The number of nitrogens with zero attached hydrogens (tertiary/aromatic N) is 2. The zero-order chi connectivity index (χ0) is 26.7. The topological polar surface area (TPSA) is 57.7 Å². The minimum absolute atomic E-state index is 0.0590. The summed E-state index contributed by atoms with van der Waals surface area (Å²) < 4.78 is 29.4. The van der Waals surface area contributed by atoms with Gasteiger partial charge < -0.3 is 4.90 Å². The number of anilines is 1. The van der Waals surface area contributed by atoms with Crippen LogP contribution < -0.4 is 4.31 Å². The number of halogens is 1. The highest BCUT2D eigenvalue weighted by Crippen LogP contribution is 2.32. The molecule has 0 fully saturated rings. The highest BCUT2D eigenvalue weighted by Gasteiger charge is 2.23. The van der Waals surface area contributed by atoms with E-state index < -0.39 is 10.0 Å². The number of hydrogen-bond donors (Lipinski definition) is 0. The fourth-order valence-corrected chi connectivity index (χ4v) is 6.66. The molecule has 1 heterocycles. The van der Waals surface area contributed by atoms with E-state index in [9.17, 15) is 13.2 Å². The van der Waals surface area contributed by atoms with E-state index in [1.165, 1.54) is 15.6 Å². The molecule has 4 aromatic carbocycles. The number of rotatable bonds is 8. The van der Waals surface area contributed by atoms with Crippen LogP contribution in [0.4, 0.5) is 5.69 Å². The summed E-state index contributed by atoms with van der Waals surface area (Å²) in [4.78, 5) is 16.4. The third kappa shape index (κ3) is 5.67. The lowest BCUT2D eigenvalue weighted by Crippen LogP contribution is -2.29. The lowest BCUT2D eigenvalue weighted by atomic mass is 10.1. The molecule has 8 heteroatoms. The summed E-state index contributed by atoms with van der Waals surface area (Å²) in [7, 11) is -2.19. The van der Waals surface area contributed by atoms with Crippen LogP contribution in [-0.2, 0) is 23.1 Å². The smallest absolute Gasteiger partial charge is 0.264 e. The fourth-order valence-electron chi connectivity index (χ4n) is 4.20. The summed E-state index contributed by atoms with van der Waals surface area (Å²) in [5.41, 5.74) is 2.64. The molecular formula is C30H25BrN2O3S2. The second-order valence-corrected chi connectivity index (χ2v) is 12.9. The Hall–Kier alpha value is -3.46. The van der Waals surface area contributed by atoms with Gasteiger partial charge in [-0.15, -0.1) is 11.3 Å². The molecule has 0 unspecified atom stereocenters. The first kappa shape index (κ1) is 26.2. The van der Waals surface area contributed by atoms with Crippen molar-refractivity contribution in [3.8, 4) is 0 Å². The van der Waals surface area contributed by atoms with Crippen molar-refractivity contribution in [2.45, 2.75) is 18.0 Å². The molecule has 5 nitrogen and oxygen atoms in total. The highest BCUT2D eigenvalue weighted by molar-refractivity contribution is 9.10. The van der Waals surface area contributed by atoms with Gasteiger partial charge in [-0.25, -0.2) is 8.42 Å². The zero-order valence-corrected chi connectivity index (χ0v) is 23.8. The van der Waals surface area contributed by atoms with Crippen molar-refractivity contribution < 1.29 is 13.2 Å². The van der Waals surface area contributed by atoms with Gasteiger partial charge in [-0.05, 0) is 65.0 Å². The first-order valence-electron chi connectivity index (χ1n) is 12.0. The lowest BCUT2D eigenvalue weighted by Gasteiger charge is -2.22. The minimum Gasteiger partial charge on any atom is -0.329 e. The SMILES string of the molecule is CN(c1ccc2sc(C(=O)N(Cc3ccccc3)Cc3ccccc3)cc2c1)S(=O)(=O)c1ccc(Br)cc1. The number of hydrogen-bond acceptors (Lipinski definition) is 4. The Bertz CT molecular complexity index is 1630. The number of fused-ring (bicyclic) bond motifs is 1. The van der Waals surface area contributed by atoms with E-state index in [1.807, 2.05) is 83.8 Å². The van der Waals surface area contributed by atoms with Crippen LogP contribution in [0.5, 0.6) is 0 Å². The average Bonchev–Trinajstić information content (AvgIpc) is 3.37. The third-order valence-corrected chi connectivity index (χ3v) is 9.70. The molecule has 0 radical (unpaired) electrons. The first-order valence-corrected chi connectivity index (χ1v) is 15.0. The van der Waals surface area contributed by atoms with Crippen LogP contribution in [0.15, 0.2) is 119 Å². The van der Waals surface area contributed by atoms with Gasteiger partial charge in [-0.1, -0.05) is 76.6 Å². The van der Waals surface area contributed by atoms with Gasteiger partial charge >= 0.3 is 0 Å². The fraction of sp³-hybridized carbons (Fsp3) is 0.100. The van der Waals surface area contributed by atoms with Gasteiger partial charge in [0.1, 0.15) is 0 Å². The highest BCUT2D eigenvalue weighted by atomic mass is 79.9. The molecule has 38 heavy (non-hydrogen) atoms. The van der Waals surface area contributed by atoms with Crippen molar-refractivity contribution in [3.63, 3.8) is 0 Å². The van der Waals surface area contributed by atoms with E-state index in [1.54, 1.807) is 37.4 Å². The number of benzene rings is 4. The summed E-state index contributed by atoms with van der Waals surface area (Å²) in [6.45, 7) is 0.977. The summed E-state index contributed by atoms with van der Waals surface area (Å²) in [6.07, 6.45) is 0. The molecule has 0 aliphatic carbocycles. The van der Waals surface area contributed by atoms with Crippen molar-refractivity contribution in [3.05, 3.63) is 130 Å². The third-order valence-electron chi connectivity index (χ3n) is 6.27. The Balaban J connectivity index is 1.44. The molecule has 0 aliphatic heterocycles. The van der Waals surface area contributed by atoms with Gasteiger partial charge in [0.15, 0.2) is 0 Å². The molecular weight excluding hydrogens is 580 g/mol. The monoisotopic (exact) mass is 604 g/mol. The summed E-state index contributed by atoms with van der Waals surface area (Å²) in [6, 6.07) is 33.8. The summed E-state index contributed by atoms with van der Waals surface area (Å²) in [5, 5.41) is 0.827. The van der Waals surface area contributed by atoms with Gasteiger partial charge in [-0.2, -0.15) is 0 Å². The van der Waals surface area contributed by atoms with Crippen LogP contribution >= 0.6 is 27.3 Å². The molecule has 0 saturated carbocycles. The predicted molar refractivity (Wildman–Crippen MR) is 158 cm³/mol. The summed E-state index contributed by atoms with van der Waals surface area (Å²) >= 11 is 4.76. The molecule has 1 amide bonds. The van der Waals surface area contributed by atoms with Crippen LogP contribution in [0.2, 0.25) is 0 Å². The Kier molecular flexibility index (Phi) is 7.65. The van der Waals surface area contributed by atoms with E-state index in [-0.39, 0.29) is 10.8 Å². The molecule has 0 bridgehead atoms. The molecule has 0 N–H and O–H groups in total. The number of carbonyl (C=O) groups excluding carboxylic acids is 1. The normalized spacial score (nSPS) is 11.4. The van der Waals surface area contributed by atoms with E-state index in [0.717, 1.165) is 25.7 Å². The Labute approximate surface area is 235 Å². The van der Waals surface area contributed by atoms with Crippen molar-refractivity contribution in [1.29, 1.82) is 0 Å². The minimum atomic E-state index is -3.73. The predicted octanol–water partition coefficient (Wildman–Crippen LogP) is 7.33. The average molecular weight is 606 g/mol. The Morgan fingerprint density at radius 1 is 0.789 bits per heavy atom. The maximum atomic E-state index is 13.7. The maximum Gasteiger partial charge on any atom is 0.264 e. The second kappa shape index (κ2) is 11.1. The number of carbonyl (C=O) groups is 1. The quantitative estimate of drug-likeness (QED) is 0.186. The van der Waals surface area contributed by atoms with Crippen LogP contribution in [-0.4, -0.2) is 26.3 Å². The van der Waals surface area contributed by atoms with E-state index in [0.29, 0.717) is 23.7 Å². The standard InChI is InChI=1S/C30H25BrN2O3S2/c1-32(38(35,36)27-15-12-25(31)13-16-27)26-14-17-28-24(18-26)19-29(37-28)30(34)33(20-22-8-4-2-5-9-22)21-23-10-6-3-7-11-23/h2-19H,20-21H2,1H3. The van der Waals surface area contributed by atoms with Gasteiger partial charge in [0.2, 0.25) is 0 Å². The molecule has 192 valence electrons. The zero-order valence-electron chi connectivity index (χ0n) is 20.6. The Morgan fingerprint density at radius 3 is 1.95 bits per heavy atom.